The Balaban J connectivity index is 1.64. The fraction of sp³-hybridized carbons (Fsp3) is 0.0667. The Hall–Kier alpha value is -4.04. The molecule has 156 valence electrons. The minimum absolute atomic E-state index is 0.244. The highest BCUT2D eigenvalue weighted by molar-refractivity contribution is 5.96. The molecule has 0 spiro atoms. The Bertz CT molecular complexity index is 1320. The lowest BCUT2D eigenvalue weighted by molar-refractivity contribution is 0.474. The summed E-state index contributed by atoms with van der Waals surface area (Å²) < 4.78 is 0. The van der Waals surface area contributed by atoms with Crippen LogP contribution in [0.15, 0.2) is 115 Å². The van der Waals surface area contributed by atoms with Gasteiger partial charge >= 0.3 is 0 Å². The van der Waals surface area contributed by atoms with Crippen LogP contribution in [0.2, 0.25) is 0 Å². The predicted octanol–water partition coefficient (Wildman–Crippen LogP) is 7.27. The molecule has 5 aromatic rings. The van der Waals surface area contributed by atoms with Gasteiger partial charge in [0.15, 0.2) is 0 Å². The summed E-state index contributed by atoms with van der Waals surface area (Å²) in [5.41, 5.74) is 5.21. The van der Waals surface area contributed by atoms with Crippen LogP contribution in [0.4, 0.5) is 0 Å². The van der Waals surface area contributed by atoms with E-state index in [1.807, 2.05) is 24.3 Å². The monoisotopic (exact) mass is 416 g/mol. The maximum absolute atomic E-state index is 9.82. The van der Waals surface area contributed by atoms with Gasteiger partial charge in [0.05, 0.1) is 0 Å². The summed E-state index contributed by atoms with van der Waals surface area (Å²) in [6.45, 7) is 2.18. The van der Waals surface area contributed by atoms with Crippen molar-refractivity contribution in [3.05, 3.63) is 132 Å². The Morgan fingerprint density at radius 1 is 0.500 bits per heavy atom. The lowest BCUT2D eigenvalue weighted by Gasteiger charge is -2.32. The second kappa shape index (κ2) is 7.90. The number of hydrogen-bond donors (Lipinski definition) is 2. The number of rotatable bonds is 4. The normalized spacial score (nSPS) is 11.5. The van der Waals surface area contributed by atoms with E-state index in [9.17, 15) is 10.2 Å². The van der Waals surface area contributed by atoms with Gasteiger partial charge < -0.3 is 10.2 Å². The van der Waals surface area contributed by atoms with Gasteiger partial charge in [-0.25, -0.2) is 0 Å². The molecule has 0 fully saturated rings. The average Bonchev–Trinajstić information content (AvgIpc) is 2.84. The predicted molar refractivity (Wildman–Crippen MR) is 131 cm³/mol. The summed E-state index contributed by atoms with van der Waals surface area (Å²) in [5.74, 6) is 0.487. The van der Waals surface area contributed by atoms with Crippen molar-refractivity contribution in [2.45, 2.75) is 12.3 Å². The topological polar surface area (TPSA) is 40.5 Å². The van der Waals surface area contributed by atoms with Crippen LogP contribution in [0.25, 0.3) is 21.9 Å². The van der Waals surface area contributed by atoms with Gasteiger partial charge in [0.1, 0.15) is 11.5 Å². The van der Waals surface area contributed by atoms with Crippen LogP contribution in [0.1, 0.15) is 23.6 Å². The molecule has 0 radical (unpaired) electrons. The fourth-order valence-corrected chi connectivity index (χ4v) is 4.55. The van der Waals surface area contributed by atoms with Gasteiger partial charge in [-0.15, -0.1) is 0 Å². The molecule has 0 unspecified atom stereocenters. The van der Waals surface area contributed by atoms with E-state index in [1.165, 1.54) is 21.9 Å². The Morgan fingerprint density at radius 2 is 0.969 bits per heavy atom. The van der Waals surface area contributed by atoms with Gasteiger partial charge in [0.2, 0.25) is 0 Å². The summed E-state index contributed by atoms with van der Waals surface area (Å²) >= 11 is 0. The molecule has 32 heavy (non-hydrogen) atoms. The highest BCUT2D eigenvalue weighted by Crippen LogP contribution is 2.41. The van der Waals surface area contributed by atoms with Crippen molar-refractivity contribution in [2.75, 3.05) is 0 Å². The molecule has 2 nitrogen and oxygen atoms in total. The van der Waals surface area contributed by atoms with E-state index in [-0.39, 0.29) is 11.5 Å². The third-order valence-electron chi connectivity index (χ3n) is 6.45. The van der Waals surface area contributed by atoms with E-state index in [4.69, 9.17) is 0 Å². The van der Waals surface area contributed by atoms with E-state index < -0.39 is 5.41 Å². The molecule has 0 aromatic heterocycles. The molecule has 2 heteroatoms. The average molecular weight is 417 g/mol. The molecule has 0 saturated heterocycles. The first kappa shape index (κ1) is 19.9. The van der Waals surface area contributed by atoms with E-state index in [2.05, 4.69) is 73.7 Å². The van der Waals surface area contributed by atoms with Crippen LogP contribution in [0, 0.1) is 0 Å². The lowest BCUT2D eigenvalue weighted by Crippen LogP contribution is -2.25. The number of hydrogen-bond acceptors (Lipinski definition) is 2. The molecule has 5 rings (SSSR count). The summed E-state index contributed by atoms with van der Waals surface area (Å²) in [5, 5.41) is 22.1. The van der Waals surface area contributed by atoms with Crippen molar-refractivity contribution >= 4 is 10.8 Å². The summed E-state index contributed by atoms with van der Waals surface area (Å²) in [7, 11) is 0. The van der Waals surface area contributed by atoms with Crippen molar-refractivity contribution in [2.24, 2.45) is 0 Å². The summed E-state index contributed by atoms with van der Waals surface area (Å²) in [4.78, 5) is 0. The van der Waals surface area contributed by atoms with E-state index in [0.717, 1.165) is 16.7 Å². The van der Waals surface area contributed by atoms with Crippen molar-refractivity contribution in [1.82, 2.24) is 0 Å². The van der Waals surface area contributed by atoms with Crippen LogP contribution in [0.3, 0.4) is 0 Å². The van der Waals surface area contributed by atoms with Crippen LogP contribution in [0.5, 0.6) is 11.5 Å². The second-order valence-corrected chi connectivity index (χ2v) is 8.32. The molecule has 5 aromatic carbocycles. The first-order valence-electron chi connectivity index (χ1n) is 10.7. The molecule has 0 aliphatic rings. The first-order valence-corrected chi connectivity index (χ1v) is 10.7. The second-order valence-electron chi connectivity index (χ2n) is 8.32. The van der Waals surface area contributed by atoms with E-state index in [0.29, 0.717) is 0 Å². The van der Waals surface area contributed by atoms with Gasteiger partial charge in [0, 0.05) is 5.41 Å². The number of benzene rings is 5. The maximum Gasteiger partial charge on any atom is 0.115 e. The van der Waals surface area contributed by atoms with Crippen molar-refractivity contribution in [3.8, 4) is 22.6 Å². The maximum atomic E-state index is 9.82. The van der Waals surface area contributed by atoms with E-state index in [1.54, 1.807) is 24.3 Å². The largest absolute Gasteiger partial charge is 0.508 e. The van der Waals surface area contributed by atoms with Gasteiger partial charge in [0.25, 0.3) is 0 Å². The highest BCUT2D eigenvalue weighted by atomic mass is 16.3. The molecular weight excluding hydrogens is 392 g/mol. The number of phenols is 2. The van der Waals surface area contributed by atoms with E-state index >= 15 is 0 Å². The molecule has 0 saturated carbocycles. The molecule has 0 aliphatic carbocycles. The molecule has 0 amide bonds. The van der Waals surface area contributed by atoms with Crippen LogP contribution >= 0.6 is 0 Å². The number of phenolic OH excluding ortho intramolecular Hbond substituents is 2. The Labute approximate surface area is 188 Å². The van der Waals surface area contributed by atoms with Gasteiger partial charge in [-0.05, 0) is 69.8 Å². The lowest BCUT2D eigenvalue weighted by atomic mass is 9.71. The molecule has 0 bridgehead atoms. The Morgan fingerprint density at radius 3 is 1.53 bits per heavy atom. The number of fused-ring (bicyclic) bond motifs is 1. The minimum Gasteiger partial charge on any atom is -0.508 e. The van der Waals surface area contributed by atoms with Crippen LogP contribution < -0.4 is 0 Å². The van der Waals surface area contributed by atoms with Gasteiger partial charge in [-0.2, -0.15) is 0 Å². The molecular formula is C30H24O2. The molecule has 2 N–H and O–H groups in total. The van der Waals surface area contributed by atoms with Crippen LogP contribution in [-0.4, -0.2) is 10.2 Å². The SMILES string of the molecule is CC(c1ccc(O)cc1)(c1ccc(O)cc1)c1ccc(-c2cccc3ccccc23)cc1. The van der Waals surface area contributed by atoms with Crippen molar-refractivity contribution in [1.29, 1.82) is 0 Å². The molecule has 0 atom stereocenters. The summed E-state index contributed by atoms with van der Waals surface area (Å²) in [6, 6.07) is 38.3. The van der Waals surface area contributed by atoms with Gasteiger partial charge in [-0.1, -0.05) is 91.0 Å². The molecule has 0 heterocycles. The standard InChI is InChI=1S/C30H24O2/c1-30(24-13-17-26(31)18-14-24,25-15-19-27(32)20-16-25)23-11-9-22(10-12-23)29-8-4-6-21-5-2-3-7-28(21)29/h2-20,31-32H,1H3. The number of aromatic hydroxyl groups is 2. The highest BCUT2D eigenvalue weighted by Gasteiger charge is 2.31. The summed E-state index contributed by atoms with van der Waals surface area (Å²) in [6.07, 6.45) is 0. The zero-order chi connectivity index (χ0) is 22.1. The van der Waals surface area contributed by atoms with Gasteiger partial charge in [-0.3, -0.25) is 0 Å². The first-order chi connectivity index (χ1) is 15.6. The quantitative estimate of drug-likeness (QED) is 0.302. The smallest absolute Gasteiger partial charge is 0.115 e. The molecule has 0 aliphatic heterocycles. The van der Waals surface area contributed by atoms with Crippen LogP contribution in [-0.2, 0) is 5.41 Å². The Kier molecular flexibility index (Phi) is 4.91. The third-order valence-corrected chi connectivity index (χ3v) is 6.45. The third kappa shape index (κ3) is 3.40. The van der Waals surface area contributed by atoms with Crippen molar-refractivity contribution < 1.29 is 10.2 Å². The zero-order valence-electron chi connectivity index (χ0n) is 17.9. The fourth-order valence-electron chi connectivity index (χ4n) is 4.55. The van der Waals surface area contributed by atoms with Crippen molar-refractivity contribution in [3.63, 3.8) is 0 Å². The minimum atomic E-state index is -0.446. The zero-order valence-corrected chi connectivity index (χ0v) is 17.9.